The first-order valence-electron chi connectivity index (χ1n) is 4.63. The zero-order valence-corrected chi connectivity index (χ0v) is 9.46. The third-order valence-electron chi connectivity index (χ3n) is 2.19. The molecular formula is C11H15NO2S. The lowest BCUT2D eigenvalue weighted by molar-refractivity contribution is -0.142. The number of rotatable bonds is 5. The highest BCUT2D eigenvalue weighted by atomic mass is 32.2. The molecule has 3 N–H and O–H groups in total. The molecule has 0 saturated carbocycles. The maximum atomic E-state index is 11.1. The summed E-state index contributed by atoms with van der Waals surface area (Å²) in [5.41, 5.74) is 5.65. The molecule has 0 aliphatic rings. The summed E-state index contributed by atoms with van der Waals surface area (Å²) in [6.07, 6.45) is 2.22. The van der Waals surface area contributed by atoms with Crippen molar-refractivity contribution in [3.8, 4) is 0 Å². The van der Waals surface area contributed by atoms with Crippen LogP contribution in [0.5, 0.6) is 0 Å². The maximum Gasteiger partial charge on any atom is 0.324 e. The van der Waals surface area contributed by atoms with Crippen LogP contribution in [-0.4, -0.2) is 28.6 Å². The number of carboxylic acid groups (broad SMARTS) is 1. The van der Waals surface area contributed by atoms with E-state index < -0.39 is 11.5 Å². The third-order valence-corrected chi connectivity index (χ3v) is 2.99. The Balaban J connectivity index is 2.80. The molecule has 1 aromatic carbocycles. The number of hydrogen-bond acceptors (Lipinski definition) is 3. The van der Waals surface area contributed by atoms with Gasteiger partial charge in [-0.25, -0.2) is 0 Å². The van der Waals surface area contributed by atoms with Crippen molar-refractivity contribution < 1.29 is 9.90 Å². The molecule has 0 spiro atoms. The molecule has 0 aliphatic carbocycles. The van der Waals surface area contributed by atoms with Gasteiger partial charge >= 0.3 is 5.97 Å². The molecular weight excluding hydrogens is 210 g/mol. The Morgan fingerprint density at radius 2 is 2.07 bits per heavy atom. The molecule has 0 heterocycles. The zero-order chi connectivity index (χ0) is 11.3. The second-order valence-corrected chi connectivity index (χ2v) is 4.42. The normalized spacial score (nSPS) is 14.5. The fraction of sp³-hybridized carbons (Fsp3) is 0.364. The zero-order valence-electron chi connectivity index (χ0n) is 8.64. The van der Waals surface area contributed by atoms with Gasteiger partial charge in [0.15, 0.2) is 0 Å². The predicted molar refractivity (Wildman–Crippen MR) is 63.1 cm³/mol. The largest absolute Gasteiger partial charge is 0.480 e. The minimum Gasteiger partial charge on any atom is -0.480 e. The van der Waals surface area contributed by atoms with Crippen LogP contribution in [-0.2, 0) is 11.2 Å². The number of aliphatic carboxylic acids is 1. The molecule has 4 heteroatoms. The molecule has 1 aromatic rings. The van der Waals surface area contributed by atoms with Gasteiger partial charge in [0.05, 0.1) is 0 Å². The Kier molecular flexibility index (Phi) is 4.17. The molecule has 1 unspecified atom stereocenters. The molecule has 0 aliphatic heterocycles. The van der Waals surface area contributed by atoms with Gasteiger partial charge in [0.25, 0.3) is 0 Å². The first-order valence-corrected chi connectivity index (χ1v) is 6.03. The summed E-state index contributed by atoms with van der Waals surface area (Å²) in [5.74, 6) is -0.530. The molecule has 3 nitrogen and oxygen atoms in total. The van der Waals surface area contributed by atoms with Crippen molar-refractivity contribution in [2.75, 3.05) is 12.0 Å². The van der Waals surface area contributed by atoms with Gasteiger partial charge in [-0.05, 0) is 11.8 Å². The van der Waals surface area contributed by atoms with Gasteiger partial charge in [-0.2, -0.15) is 11.8 Å². The number of thioether (sulfide) groups is 1. The van der Waals surface area contributed by atoms with Crippen LogP contribution in [0.25, 0.3) is 0 Å². The quantitative estimate of drug-likeness (QED) is 0.794. The van der Waals surface area contributed by atoms with Gasteiger partial charge in [0.2, 0.25) is 0 Å². The van der Waals surface area contributed by atoms with E-state index >= 15 is 0 Å². The Labute approximate surface area is 93.7 Å². The average molecular weight is 225 g/mol. The number of benzene rings is 1. The van der Waals surface area contributed by atoms with Gasteiger partial charge in [-0.1, -0.05) is 30.3 Å². The smallest absolute Gasteiger partial charge is 0.324 e. The highest BCUT2D eigenvalue weighted by Crippen LogP contribution is 2.15. The van der Waals surface area contributed by atoms with Crippen LogP contribution >= 0.6 is 11.8 Å². The van der Waals surface area contributed by atoms with E-state index in [1.165, 1.54) is 11.8 Å². The van der Waals surface area contributed by atoms with Crippen LogP contribution in [0.15, 0.2) is 30.3 Å². The topological polar surface area (TPSA) is 63.3 Å². The highest BCUT2D eigenvalue weighted by Gasteiger charge is 2.33. The Bertz CT molecular complexity index is 329. The molecule has 0 fully saturated rings. The fourth-order valence-corrected chi connectivity index (χ4v) is 2.15. The summed E-state index contributed by atoms with van der Waals surface area (Å²) in [7, 11) is 0. The van der Waals surface area contributed by atoms with Crippen LogP contribution in [0, 0.1) is 0 Å². The minimum atomic E-state index is -1.17. The number of nitrogens with two attached hydrogens (primary N) is 1. The summed E-state index contributed by atoms with van der Waals surface area (Å²) in [4.78, 5) is 11.1. The van der Waals surface area contributed by atoms with Gasteiger partial charge in [-0.15, -0.1) is 0 Å². The molecule has 15 heavy (non-hydrogen) atoms. The van der Waals surface area contributed by atoms with E-state index in [0.717, 1.165) is 5.56 Å². The Morgan fingerprint density at radius 1 is 1.47 bits per heavy atom. The second-order valence-electron chi connectivity index (χ2n) is 3.56. The van der Waals surface area contributed by atoms with Crippen molar-refractivity contribution in [1.82, 2.24) is 0 Å². The predicted octanol–water partition coefficient (Wildman–Crippen LogP) is 1.37. The Hall–Kier alpha value is -1.00. The summed E-state index contributed by atoms with van der Waals surface area (Å²) < 4.78 is 0. The average Bonchev–Trinajstić information content (AvgIpc) is 2.19. The van der Waals surface area contributed by atoms with E-state index in [2.05, 4.69) is 0 Å². The van der Waals surface area contributed by atoms with Crippen molar-refractivity contribution in [2.24, 2.45) is 5.73 Å². The number of hydrogen-bond donors (Lipinski definition) is 2. The minimum absolute atomic E-state index is 0.365. The molecule has 0 radical (unpaired) electrons. The van der Waals surface area contributed by atoms with Gasteiger partial charge < -0.3 is 10.8 Å². The van der Waals surface area contributed by atoms with E-state index in [4.69, 9.17) is 10.8 Å². The SMILES string of the molecule is CSCC(N)(Cc1ccccc1)C(=O)O. The van der Waals surface area contributed by atoms with Crippen molar-refractivity contribution in [2.45, 2.75) is 12.0 Å². The molecule has 0 saturated heterocycles. The third kappa shape index (κ3) is 3.25. The maximum absolute atomic E-state index is 11.1. The standard InChI is InChI=1S/C11H15NO2S/c1-15-8-11(12,10(13)14)7-9-5-3-2-4-6-9/h2-6H,7-8,12H2,1H3,(H,13,14). The van der Waals surface area contributed by atoms with Crippen LogP contribution in [0.3, 0.4) is 0 Å². The molecule has 0 aromatic heterocycles. The van der Waals surface area contributed by atoms with Crippen molar-refractivity contribution in [3.63, 3.8) is 0 Å². The summed E-state index contributed by atoms with van der Waals surface area (Å²) >= 11 is 1.45. The monoisotopic (exact) mass is 225 g/mol. The molecule has 1 atom stereocenters. The first-order chi connectivity index (χ1) is 7.08. The lowest BCUT2D eigenvalue weighted by Crippen LogP contribution is -2.52. The second kappa shape index (κ2) is 5.19. The van der Waals surface area contributed by atoms with E-state index in [1.807, 2.05) is 36.6 Å². The van der Waals surface area contributed by atoms with Crippen LogP contribution in [0.1, 0.15) is 5.56 Å². The van der Waals surface area contributed by atoms with Gasteiger partial charge in [0, 0.05) is 12.2 Å². The lowest BCUT2D eigenvalue weighted by Gasteiger charge is -2.23. The lowest BCUT2D eigenvalue weighted by atomic mass is 9.94. The van der Waals surface area contributed by atoms with Gasteiger partial charge in [-0.3, -0.25) is 4.79 Å². The van der Waals surface area contributed by atoms with Crippen LogP contribution < -0.4 is 5.73 Å². The summed E-state index contributed by atoms with van der Waals surface area (Å²) in [6, 6.07) is 9.46. The molecule has 82 valence electrons. The van der Waals surface area contributed by atoms with E-state index in [9.17, 15) is 4.79 Å². The van der Waals surface area contributed by atoms with Crippen LogP contribution in [0.2, 0.25) is 0 Å². The molecule has 0 bridgehead atoms. The van der Waals surface area contributed by atoms with E-state index in [-0.39, 0.29) is 0 Å². The summed E-state index contributed by atoms with van der Waals surface area (Å²) in [6.45, 7) is 0. The molecule has 1 rings (SSSR count). The van der Waals surface area contributed by atoms with Crippen molar-refractivity contribution in [3.05, 3.63) is 35.9 Å². The van der Waals surface area contributed by atoms with E-state index in [0.29, 0.717) is 12.2 Å². The number of carboxylic acids is 1. The van der Waals surface area contributed by atoms with Gasteiger partial charge in [0.1, 0.15) is 5.54 Å². The highest BCUT2D eigenvalue weighted by molar-refractivity contribution is 7.98. The van der Waals surface area contributed by atoms with Crippen LogP contribution in [0.4, 0.5) is 0 Å². The molecule has 0 amide bonds. The number of carbonyl (C=O) groups is 1. The summed E-state index contributed by atoms with van der Waals surface area (Å²) in [5, 5.41) is 9.09. The fourth-order valence-electron chi connectivity index (χ4n) is 1.41. The van der Waals surface area contributed by atoms with Crippen molar-refractivity contribution in [1.29, 1.82) is 0 Å². The Morgan fingerprint density at radius 3 is 2.53 bits per heavy atom. The van der Waals surface area contributed by atoms with E-state index in [1.54, 1.807) is 0 Å². The first kappa shape index (κ1) is 12.1. The van der Waals surface area contributed by atoms with Crippen molar-refractivity contribution >= 4 is 17.7 Å².